The number of hydrogen-bond donors (Lipinski definition) is 3. The summed E-state index contributed by atoms with van der Waals surface area (Å²) in [5.74, 6) is 0.00777. The third-order valence-electron chi connectivity index (χ3n) is 3.04. The molecule has 0 aliphatic carbocycles. The van der Waals surface area contributed by atoms with Crippen LogP contribution in [0.4, 0.5) is 5.69 Å². The number of amides is 1. The van der Waals surface area contributed by atoms with Gasteiger partial charge in [0.15, 0.2) is 0 Å². The second-order valence-electron chi connectivity index (χ2n) is 4.72. The Balaban J connectivity index is 2.17. The van der Waals surface area contributed by atoms with Gasteiger partial charge in [0.2, 0.25) is 5.91 Å². The Labute approximate surface area is 117 Å². The molecule has 5 heteroatoms. The first-order chi connectivity index (χ1) is 9.60. The number of hydrogen-bond acceptors (Lipinski definition) is 4. The molecule has 3 N–H and O–H groups in total. The summed E-state index contributed by atoms with van der Waals surface area (Å²) in [6.45, 7) is 0.672. The molecule has 0 saturated heterocycles. The van der Waals surface area contributed by atoms with Gasteiger partial charge in [0.25, 0.3) is 0 Å². The number of likely N-dealkylation sites (N-methyl/N-ethyl adjacent to an activating group) is 1. The van der Waals surface area contributed by atoms with Crippen LogP contribution >= 0.6 is 0 Å². The number of anilines is 1. The summed E-state index contributed by atoms with van der Waals surface area (Å²) in [6.07, 6.45) is 0. The highest BCUT2D eigenvalue weighted by atomic mass is 16.3. The van der Waals surface area contributed by atoms with Crippen LogP contribution in [-0.2, 0) is 4.79 Å². The topological polar surface area (TPSA) is 72.8 Å². The molecule has 0 saturated carbocycles. The quantitative estimate of drug-likeness (QED) is 0.771. The molecule has 5 nitrogen and oxygen atoms in total. The number of benzene rings is 2. The zero-order valence-corrected chi connectivity index (χ0v) is 11.3. The van der Waals surface area contributed by atoms with E-state index in [-0.39, 0.29) is 24.8 Å². The molecule has 0 radical (unpaired) electrons. The van der Waals surface area contributed by atoms with Crippen molar-refractivity contribution in [2.75, 3.05) is 32.1 Å². The second kappa shape index (κ2) is 6.36. The van der Waals surface area contributed by atoms with E-state index in [4.69, 9.17) is 5.11 Å². The van der Waals surface area contributed by atoms with Crippen molar-refractivity contribution >= 4 is 22.4 Å². The smallest absolute Gasteiger partial charge is 0.238 e. The Kier molecular flexibility index (Phi) is 4.55. The molecule has 0 aliphatic rings. The third-order valence-corrected chi connectivity index (χ3v) is 3.04. The van der Waals surface area contributed by atoms with E-state index in [0.717, 1.165) is 10.8 Å². The number of rotatable bonds is 5. The SMILES string of the molecule is CN(CCO)CC(=O)Nc1cccc2ccc(O)cc12. The van der Waals surface area contributed by atoms with Crippen molar-refractivity contribution in [1.82, 2.24) is 4.90 Å². The number of aromatic hydroxyl groups is 1. The van der Waals surface area contributed by atoms with Crippen molar-refractivity contribution in [2.45, 2.75) is 0 Å². The van der Waals surface area contributed by atoms with Crippen LogP contribution in [-0.4, -0.2) is 47.8 Å². The van der Waals surface area contributed by atoms with Crippen molar-refractivity contribution in [1.29, 1.82) is 0 Å². The van der Waals surface area contributed by atoms with Gasteiger partial charge in [-0.3, -0.25) is 9.69 Å². The number of aliphatic hydroxyl groups is 1. The van der Waals surface area contributed by atoms with E-state index >= 15 is 0 Å². The molecule has 20 heavy (non-hydrogen) atoms. The second-order valence-corrected chi connectivity index (χ2v) is 4.72. The molecule has 0 unspecified atom stereocenters. The molecule has 2 aromatic carbocycles. The first-order valence-corrected chi connectivity index (χ1v) is 6.41. The van der Waals surface area contributed by atoms with E-state index in [1.165, 1.54) is 0 Å². The van der Waals surface area contributed by atoms with Crippen molar-refractivity contribution in [3.05, 3.63) is 36.4 Å². The summed E-state index contributed by atoms with van der Waals surface area (Å²) >= 11 is 0. The van der Waals surface area contributed by atoms with Crippen molar-refractivity contribution in [3.8, 4) is 5.75 Å². The number of fused-ring (bicyclic) bond motifs is 1. The van der Waals surface area contributed by atoms with Gasteiger partial charge in [-0.15, -0.1) is 0 Å². The van der Waals surface area contributed by atoms with Gasteiger partial charge in [0.1, 0.15) is 5.75 Å². The van der Waals surface area contributed by atoms with Crippen LogP contribution in [0.3, 0.4) is 0 Å². The van der Waals surface area contributed by atoms with E-state index in [1.807, 2.05) is 12.1 Å². The number of phenols is 1. The number of aliphatic hydroxyl groups excluding tert-OH is 1. The average molecular weight is 274 g/mol. The first kappa shape index (κ1) is 14.3. The first-order valence-electron chi connectivity index (χ1n) is 6.41. The zero-order chi connectivity index (χ0) is 14.5. The van der Waals surface area contributed by atoms with E-state index in [9.17, 15) is 9.90 Å². The Hall–Kier alpha value is -2.11. The molecule has 106 valence electrons. The fourth-order valence-corrected chi connectivity index (χ4v) is 2.05. The fraction of sp³-hybridized carbons (Fsp3) is 0.267. The van der Waals surface area contributed by atoms with Crippen molar-refractivity contribution in [2.24, 2.45) is 0 Å². The van der Waals surface area contributed by atoms with E-state index in [0.29, 0.717) is 12.2 Å². The predicted molar refractivity (Wildman–Crippen MR) is 78.8 cm³/mol. The lowest BCUT2D eigenvalue weighted by Gasteiger charge is -2.15. The van der Waals surface area contributed by atoms with E-state index in [1.54, 1.807) is 36.2 Å². The highest BCUT2D eigenvalue weighted by Gasteiger charge is 2.08. The number of nitrogens with zero attached hydrogens (tertiary/aromatic N) is 1. The summed E-state index contributed by atoms with van der Waals surface area (Å²) in [7, 11) is 1.77. The minimum atomic E-state index is -0.156. The van der Waals surface area contributed by atoms with Crippen LogP contribution in [0.25, 0.3) is 10.8 Å². The molecule has 0 aliphatic heterocycles. The summed E-state index contributed by atoms with van der Waals surface area (Å²) in [5.41, 5.74) is 0.667. The summed E-state index contributed by atoms with van der Waals surface area (Å²) in [6, 6.07) is 10.6. The lowest BCUT2D eigenvalue weighted by atomic mass is 10.1. The van der Waals surface area contributed by atoms with Crippen LogP contribution in [0.1, 0.15) is 0 Å². The van der Waals surface area contributed by atoms with E-state index in [2.05, 4.69) is 5.32 Å². The number of phenolic OH excluding ortho intramolecular Hbond substituents is 1. The van der Waals surface area contributed by atoms with E-state index < -0.39 is 0 Å². The molecule has 0 spiro atoms. The van der Waals surface area contributed by atoms with Gasteiger partial charge < -0.3 is 15.5 Å². The number of carbonyl (C=O) groups is 1. The highest BCUT2D eigenvalue weighted by Crippen LogP contribution is 2.26. The zero-order valence-electron chi connectivity index (χ0n) is 11.3. The lowest BCUT2D eigenvalue weighted by Crippen LogP contribution is -2.32. The predicted octanol–water partition coefficient (Wildman–Crippen LogP) is 1.41. The monoisotopic (exact) mass is 274 g/mol. The minimum absolute atomic E-state index is 0.0198. The molecule has 0 heterocycles. The number of carbonyl (C=O) groups excluding carboxylic acids is 1. The normalized spacial score (nSPS) is 10.9. The minimum Gasteiger partial charge on any atom is -0.508 e. The molecule has 2 rings (SSSR count). The Morgan fingerprint density at radius 3 is 2.85 bits per heavy atom. The average Bonchev–Trinajstić information content (AvgIpc) is 2.39. The van der Waals surface area contributed by atoms with Gasteiger partial charge in [0, 0.05) is 17.6 Å². The molecule has 0 aromatic heterocycles. The summed E-state index contributed by atoms with van der Waals surface area (Å²) in [4.78, 5) is 13.7. The fourth-order valence-electron chi connectivity index (χ4n) is 2.05. The Bertz CT molecular complexity index is 613. The number of nitrogens with one attached hydrogen (secondary N) is 1. The van der Waals surface area contributed by atoms with Gasteiger partial charge in [-0.2, -0.15) is 0 Å². The Morgan fingerprint density at radius 1 is 1.30 bits per heavy atom. The lowest BCUT2D eigenvalue weighted by molar-refractivity contribution is -0.117. The molecule has 0 atom stereocenters. The summed E-state index contributed by atoms with van der Waals surface area (Å²) in [5, 5.41) is 22.9. The standard InChI is InChI=1S/C15H18N2O3/c1-17(7-8-18)10-15(20)16-14-4-2-3-11-5-6-12(19)9-13(11)14/h2-6,9,18-19H,7-8,10H2,1H3,(H,16,20). The van der Waals surface area contributed by atoms with Gasteiger partial charge in [-0.25, -0.2) is 0 Å². The molecule has 2 aromatic rings. The third kappa shape index (κ3) is 3.46. The molecular weight excluding hydrogens is 256 g/mol. The maximum absolute atomic E-state index is 11.9. The molecule has 0 bridgehead atoms. The molecule has 0 fully saturated rings. The Morgan fingerprint density at radius 2 is 2.10 bits per heavy atom. The van der Waals surface area contributed by atoms with Crippen LogP contribution in [0.15, 0.2) is 36.4 Å². The van der Waals surface area contributed by atoms with Crippen LogP contribution in [0.2, 0.25) is 0 Å². The molecule has 1 amide bonds. The van der Waals surface area contributed by atoms with Crippen molar-refractivity contribution in [3.63, 3.8) is 0 Å². The van der Waals surface area contributed by atoms with Crippen molar-refractivity contribution < 1.29 is 15.0 Å². The van der Waals surface area contributed by atoms with Crippen LogP contribution < -0.4 is 5.32 Å². The van der Waals surface area contributed by atoms with Gasteiger partial charge in [0.05, 0.1) is 13.2 Å². The highest BCUT2D eigenvalue weighted by molar-refractivity contribution is 6.03. The maximum atomic E-state index is 11.9. The summed E-state index contributed by atoms with van der Waals surface area (Å²) < 4.78 is 0. The van der Waals surface area contributed by atoms with Gasteiger partial charge in [-0.05, 0) is 30.6 Å². The van der Waals surface area contributed by atoms with Crippen LogP contribution in [0.5, 0.6) is 5.75 Å². The van der Waals surface area contributed by atoms with Crippen LogP contribution in [0, 0.1) is 0 Å². The van der Waals surface area contributed by atoms with Gasteiger partial charge in [-0.1, -0.05) is 18.2 Å². The largest absolute Gasteiger partial charge is 0.508 e. The maximum Gasteiger partial charge on any atom is 0.238 e. The van der Waals surface area contributed by atoms with Gasteiger partial charge >= 0.3 is 0 Å². The molecular formula is C15H18N2O3.